The fourth-order valence-corrected chi connectivity index (χ4v) is 3.01. The Kier molecular flexibility index (Phi) is 13.2. The molecule has 1 aromatic carbocycles. The van der Waals surface area contributed by atoms with E-state index in [0.717, 1.165) is 19.3 Å². The van der Waals surface area contributed by atoms with E-state index in [1.54, 1.807) is 50.6 Å². The number of hydrogen-bond donors (Lipinski definition) is 0. The van der Waals surface area contributed by atoms with Gasteiger partial charge in [0, 0.05) is 18.6 Å². The maximum absolute atomic E-state index is 12.6. The summed E-state index contributed by atoms with van der Waals surface area (Å²) >= 11 is 0. The second-order valence-corrected chi connectivity index (χ2v) is 6.99. The van der Waals surface area contributed by atoms with E-state index in [0.29, 0.717) is 53.9 Å². The number of carbonyl (C=O) groups is 2. The van der Waals surface area contributed by atoms with Crippen LogP contribution in [0.25, 0.3) is 6.08 Å². The molecular formula is C25H32ClNO7. The number of esters is 1. The standard InChI is InChI=1S/C25H31NO7.ClH/c1-5-32-25(28)9-7-6-8-14-33-23-15-18(26-17-24(23)31-4)10-13-21(27)20-12-11-19(29-2)16-22(20)30-3;/h10-13,15-17H,5-9,14H2,1-4H3;1H/b13-10+;. The van der Waals surface area contributed by atoms with Crippen molar-refractivity contribution in [2.24, 2.45) is 0 Å². The maximum Gasteiger partial charge on any atom is 0.305 e. The van der Waals surface area contributed by atoms with Gasteiger partial charge in [-0.15, -0.1) is 12.4 Å². The number of hydrogen-bond acceptors (Lipinski definition) is 8. The first-order valence-corrected chi connectivity index (χ1v) is 10.8. The number of rotatable bonds is 14. The highest BCUT2D eigenvalue weighted by Gasteiger charge is 2.12. The van der Waals surface area contributed by atoms with Gasteiger partial charge in [-0.3, -0.25) is 14.6 Å². The lowest BCUT2D eigenvalue weighted by atomic mass is 10.1. The molecule has 1 heterocycles. The van der Waals surface area contributed by atoms with Crippen molar-refractivity contribution >= 4 is 30.2 Å². The van der Waals surface area contributed by atoms with Crippen LogP contribution in [0.2, 0.25) is 0 Å². The summed E-state index contributed by atoms with van der Waals surface area (Å²) < 4.78 is 26.5. The van der Waals surface area contributed by atoms with Crippen molar-refractivity contribution in [3.05, 3.63) is 47.8 Å². The Morgan fingerprint density at radius 2 is 1.71 bits per heavy atom. The fourth-order valence-electron chi connectivity index (χ4n) is 3.01. The van der Waals surface area contributed by atoms with E-state index in [1.165, 1.54) is 20.3 Å². The SMILES string of the molecule is CCOC(=O)CCCCCOc1cc(/C=C/C(=O)c2ccc(OC)cc2OC)ncc1OC.Cl. The van der Waals surface area contributed by atoms with Crippen LogP contribution >= 0.6 is 12.4 Å². The normalized spacial score (nSPS) is 10.4. The van der Waals surface area contributed by atoms with Crippen LogP contribution in [0.4, 0.5) is 0 Å². The van der Waals surface area contributed by atoms with Crippen LogP contribution in [-0.4, -0.2) is 51.3 Å². The summed E-state index contributed by atoms with van der Waals surface area (Å²) in [5, 5.41) is 0. The summed E-state index contributed by atoms with van der Waals surface area (Å²) in [6.07, 6.45) is 7.38. The molecule has 34 heavy (non-hydrogen) atoms. The lowest BCUT2D eigenvalue weighted by molar-refractivity contribution is -0.143. The molecule has 0 bridgehead atoms. The maximum atomic E-state index is 12.6. The van der Waals surface area contributed by atoms with Crippen LogP contribution in [0.3, 0.4) is 0 Å². The lowest BCUT2D eigenvalue weighted by Crippen LogP contribution is -2.04. The molecule has 0 aliphatic rings. The van der Waals surface area contributed by atoms with E-state index in [-0.39, 0.29) is 24.2 Å². The van der Waals surface area contributed by atoms with E-state index < -0.39 is 0 Å². The molecule has 0 radical (unpaired) electrons. The summed E-state index contributed by atoms with van der Waals surface area (Å²) in [5.41, 5.74) is 0.969. The van der Waals surface area contributed by atoms with Gasteiger partial charge >= 0.3 is 5.97 Å². The van der Waals surface area contributed by atoms with Gasteiger partial charge in [-0.25, -0.2) is 0 Å². The van der Waals surface area contributed by atoms with Crippen molar-refractivity contribution in [1.82, 2.24) is 4.98 Å². The Morgan fingerprint density at radius 3 is 2.38 bits per heavy atom. The summed E-state index contributed by atoms with van der Waals surface area (Å²) in [6.45, 7) is 2.66. The molecule has 2 aromatic rings. The predicted octanol–water partition coefficient (Wildman–Crippen LogP) is 4.93. The monoisotopic (exact) mass is 493 g/mol. The van der Waals surface area contributed by atoms with Gasteiger partial charge in [-0.2, -0.15) is 0 Å². The van der Waals surface area contributed by atoms with Gasteiger partial charge in [0.05, 0.1) is 52.0 Å². The molecule has 0 unspecified atom stereocenters. The summed E-state index contributed by atoms with van der Waals surface area (Å²) in [4.78, 5) is 28.3. The molecule has 2 rings (SSSR count). The second-order valence-electron chi connectivity index (χ2n) is 6.99. The zero-order chi connectivity index (χ0) is 24.1. The van der Waals surface area contributed by atoms with Crippen molar-refractivity contribution < 1.29 is 33.3 Å². The molecule has 0 saturated heterocycles. The highest BCUT2D eigenvalue weighted by molar-refractivity contribution is 6.08. The Balaban J connectivity index is 0.00000578. The van der Waals surface area contributed by atoms with Crippen LogP contribution in [0.1, 0.15) is 48.7 Å². The molecular weight excluding hydrogens is 462 g/mol. The third-order valence-corrected chi connectivity index (χ3v) is 4.74. The van der Waals surface area contributed by atoms with Crippen LogP contribution in [-0.2, 0) is 9.53 Å². The van der Waals surface area contributed by atoms with Gasteiger partial charge in [0.1, 0.15) is 11.5 Å². The van der Waals surface area contributed by atoms with Gasteiger partial charge in [0.2, 0.25) is 0 Å². The van der Waals surface area contributed by atoms with Crippen molar-refractivity contribution in [2.75, 3.05) is 34.5 Å². The van der Waals surface area contributed by atoms with Crippen LogP contribution in [0.5, 0.6) is 23.0 Å². The predicted molar refractivity (Wildman–Crippen MR) is 132 cm³/mol. The molecule has 186 valence electrons. The first kappa shape index (κ1) is 28.8. The average molecular weight is 494 g/mol. The third kappa shape index (κ3) is 8.94. The van der Waals surface area contributed by atoms with Crippen molar-refractivity contribution in [1.29, 1.82) is 0 Å². The van der Waals surface area contributed by atoms with E-state index in [9.17, 15) is 9.59 Å². The number of methoxy groups -OCH3 is 3. The molecule has 8 nitrogen and oxygen atoms in total. The number of benzene rings is 1. The first-order chi connectivity index (χ1) is 16.0. The molecule has 0 aliphatic heterocycles. The number of ketones is 1. The molecule has 0 amide bonds. The lowest BCUT2D eigenvalue weighted by Gasteiger charge is -2.11. The Labute approximate surface area is 206 Å². The highest BCUT2D eigenvalue weighted by Crippen LogP contribution is 2.28. The van der Waals surface area contributed by atoms with Gasteiger partial charge in [0.15, 0.2) is 17.3 Å². The van der Waals surface area contributed by atoms with Gasteiger partial charge < -0.3 is 23.7 Å². The third-order valence-electron chi connectivity index (χ3n) is 4.74. The smallest absolute Gasteiger partial charge is 0.305 e. The fraction of sp³-hybridized carbons (Fsp3) is 0.400. The molecule has 0 saturated carbocycles. The Morgan fingerprint density at radius 1 is 0.941 bits per heavy atom. The number of nitrogens with zero attached hydrogens (tertiary/aromatic N) is 1. The molecule has 0 atom stereocenters. The van der Waals surface area contributed by atoms with Crippen molar-refractivity contribution in [3.63, 3.8) is 0 Å². The quantitative estimate of drug-likeness (QED) is 0.158. The Hall–Kier alpha value is -3.26. The number of halogens is 1. The Bertz CT molecular complexity index is 962. The highest BCUT2D eigenvalue weighted by atomic mass is 35.5. The van der Waals surface area contributed by atoms with E-state index in [2.05, 4.69) is 4.98 Å². The van der Waals surface area contributed by atoms with Crippen molar-refractivity contribution in [2.45, 2.75) is 32.6 Å². The number of unbranched alkanes of at least 4 members (excludes halogenated alkanes) is 2. The van der Waals surface area contributed by atoms with Crippen LogP contribution < -0.4 is 18.9 Å². The summed E-state index contributed by atoms with van der Waals surface area (Å²) in [6, 6.07) is 6.73. The number of pyridine rings is 1. The molecule has 0 aliphatic carbocycles. The van der Waals surface area contributed by atoms with Gasteiger partial charge in [-0.05, 0) is 50.5 Å². The number of carbonyl (C=O) groups excluding carboxylic acids is 2. The van der Waals surface area contributed by atoms with E-state index >= 15 is 0 Å². The molecule has 9 heteroatoms. The zero-order valence-corrected chi connectivity index (χ0v) is 20.8. The minimum Gasteiger partial charge on any atom is -0.497 e. The number of aromatic nitrogens is 1. The summed E-state index contributed by atoms with van der Waals surface area (Å²) in [5.74, 6) is 1.67. The van der Waals surface area contributed by atoms with Gasteiger partial charge in [0.25, 0.3) is 0 Å². The molecule has 0 spiro atoms. The van der Waals surface area contributed by atoms with Crippen LogP contribution in [0.15, 0.2) is 36.5 Å². The first-order valence-electron chi connectivity index (χ1n) is 10.8. The topological polar surface area (TPSA) is 93.2 Å². The number of ether oxygens (including phenoxy) is 5. The zero-order valence-electron chi connectivity index (χ0n) is 20.0. The molecule has 0 N–H and O–H groups in total. The van der Waals surface area contributed by atoms with Crippen LogP contribution in [0, 0.1) is 0 Å². The molecule has 0 fully saturated rings. The van der Waals surface area contributed by atoms with Crippen molar-refractivity contribution in [3.8, 4) is 23.0 Å². The second kappa shape index (κ2) is 15.6. The average Bonchev–Trinajstić information content (AvgIpc) is 2.84. The molecule has 1 aromatic heterocycles. The van der Waals surface area contributed by atoms with E-state index in [4.69, 9.17) is 23.7 Å². The summed E-state index contributed by atoms with van der Waals surface area (Å²) in [7, 11) is 4.59. The minimum absolute atomic E-state index is 0. The number of allylic oxidation sites excluding steroid dienone is 1. The minimum atomic E-state index is -0.226. The van der Waals surface area contributed by atoms with Gasteiger partial charge in [-0.1, -0.05) is 0 Å². The van der Waals surface area contributed by atoms with E-state index in [1.807, 2.05) is 0 Å². The largest absolute Gasteiger partial charge is 0.497 e.